The Morgan fingerprint density at radius 3 is 2.64 bits per heavy atom. The van der Waals surface area contributed by atoms with E-state index in [0.717, 1.165) is 25.8 Å². The van der Waals surface area contributed by atoms with Gasteiger partial charge in [-0.25, -0.2) is 9.97 Å². The van der Waals surface area contributed by atoms with Gasteiger partial charge in [-0.05, 0) is 32.4 Å². The van der Waals surface area contributed by atoms with Gasteiger partial charge in [-0.2, -0.15) is 0 Å². The van der Waals surface area contributed by atoms with Gasteiger partial charge < -0.3 is 10.6 Å². The molecule has 6 heteroatoms. The highest BCUT2D eigenvalue weighted by molar-refractivity contribution is 6.04. The fraction of sp³-hybridized carbons (Fsp3) is 0.368. The zero-order valence-electron chi connectivity index (χ0n) is 14.9. The highest BCUT2D eigenvalue weighted by atomic mass is 16.2. The van der Waals surface area contributed by atoms with Crippen molar-refractivity contribution in [2.24, 2.45) is 0 Å². The largest absolute Gasteiger partial charge is 0.370 e. The molecule has 0 saturated heterocycles. The lowest BCUT2D eigenvalue weighted by atomic mass is 10.1. The van der Waals surface area contributed by atoms with Crippen molar-refractivity contribution in [3.05, 3.63) is 47.4 Å². The standard InChI is InChI=1S/C19H24N4O2/c1-4-5-6-10-20-18-12-17(21-14(3)22-18)19(25)23-16-9-7-8-15(11-16)13(2)24/h7-9,11-12H,4-6,10H2,1-3H3,(H,23,25)(H,20,21,22). The van der Waals surface area contributed by atoms with E-state index >= 15 is 0 Å². The molecule has 0 aliphatic heterocycles. The molecule has 1 aromatic heterocycles. The first-order valence-electron chi connectivity index (χ1n) is 8.51. The second kappa shape index (κ2) is 8.92. The van der Waals surface area contributed by atoms with E-state index in [1.54, 1.807) is 37.3 Å². The van der Waals surface area contributed by atoms with Crippen LogP contribution in [0.2, 0.25) is 0 Å². The molecule has 25 heavy (non-hydrogen) atoms. The average Bonchev–Trinajstić information content (AvgIpc) is 2.58. The molecule has 0 atom stereocenters. The van der Waals surface area contributed by atoms with Crippen LogP contribution in [0, 0.1) is 6.92 Å². The molecule has 0 aliphatic rings. The number of hydrogen-bond donors (Lipinski definition) is 2. The summed E-state index contributed by atoms with van der Waals surface area (Å²) in [6.45, 7) is 6.21. The number of Topliss-reactive ketones (excluding diaryl/α,β-unsaturated/α-hetero) is 1. The van der Waals surface area contributed by atoms with Crippen LogP contribution in [0.4, 0.5) is 11.5 Å². The number of ketones is 1. The first-order valence-corrected chi connectivity index (χ1v) is 8.51. The van der Waals surface area contributed by atoms with Crippen LogP contribution in [0.15, 0.2) is 30.3 Å². The molecule has 1 amide bonds. The number of aromatic nitrogens is 2. The Balaban J connectivity index is 2.09. The fourth-order valence-corrected chi connectivity index (χ4v) is 2.38. The minimum Gasteiger partial charge on any atom is -0.370 e. The highest BCUT2D eigenvalue weighted by Gasteiger charge is 2.11. The van der Waals surface area contributed by atoms with E-state index in [1.807, 2.05) is 0 Å². The van der Waals surface area contributed by atoms with Crippen LogP contribution < -0.4 is 10.6 Å². The molecule has 2 rings (SSSR count). The Labute approximate surface area is 148 Å². The van der Waals surface area contributed by atoms with Gasteiger partial charge in [0.15, 0.2) is 5.78 Å². The van der Waals surface area contributed by atoms with Gasteiger partial charge in [-0.1, -0.05) is 31.9 Å². The minimum atomic E-state index is -0.331. The van der Waals surface area contributed by atoms with Gasteiger partial charge in [0.1, 0.15) is 17.3 Å². The number of carbonyl (C=O) groups is 2. The van der Waals surface area contributed by atoms with E-state index in [9.17, 15) is 9.59 Å². The van der Waals surface area contributed by atoms with E-state index in [-0.39, 0.29) is 11.7 Å². The number of carbonyl (C=O) groups excluding carboxylic acids is 2. The number of anilines is 2. The molecule has 0 bridgehead atoms. The van der Waals surface area contributed by atoms with Crippen molar-refractivity contribution in [3.63, 3.8) is 0 Å². The van der Waals surface area contributed by atoms with Gasteiger partial charge in [0.05, 0.1) is 0 Å². The molecule has 1 heterocycles. The number of nitrogens with zero attached hydrogens (tertiary/aromatic N) is 2. The molecule has 132 valence electrons. The second-order valence-corrected chi connectivity index (χ2v) is 5.91. The molecule has 2 aromatic rings. The molecule has 0 radical (unpaired) electrons. The smallest absolute Gasteiger partial charge is 0.274 e. The lowest BCUT2D eigenvalue weighted by molar-refractivity contribution is 0.100. The summed E-state index contributed by atoms with van der Waals surface area (Å²) >= 11 is 0. The van der Waals surface area contributed by atoms with Crippen molar-refractivity contribution in [3.8, 4) is 0 Å². The van der Waals surface area contributed by atoms with E-state index in [1.165, 1.54) is 6.92 Å². The third-order valence-corrected chi connectivity index (χ3v) is 3.68. The maximum Gasteiger partial charge on any atom is 0.274 e. The van der Waals surface area contributed by atoms with Crippen molar-refractivity contribution >= 4 is 23.2 Å². The first-order chi connectivity index (χ1) is 12.0. The van der Waals surface area contributed by atoms with Gasteiger partial charge in [0, 0.05) is 23.9 Å². The molecule has 1 aromatic carbocycles. The van der Waals surface area contributed by atoms with Crippen LogP contribution in [-0.4, -0.2) is 28.2 Å². The SMILES string of the molecule is CCCCCNc1cc(C(=O)Nc2cccc(C(C)=O)c2)nc(C)n1. The van der Waals surface area contributed by atoms with Crippen molar-refractivity contribution in [1.82, 2.24) is 9.97 Å². The second-order valence-electron chi connectivity index (χ2n) is 5.91. The van der Waals surface area contributed by atoms with E-state index in [2.05, 4.69) is 27.5 Å². The summed E-state index contributed by atoms with van der Waals surface area (Å²) in [5, 5.41) is 6.00. The zero-order valence-corrected chi connectivity index (χ0v) is 14.9. The Morgan fingerprint density at radius 1 is 1.12 bits per heavy atom. The molecule has 2 N–H and O–H groups in total. The summed E-state index contributed by atoms with van der Waals surface area (Å²) in [5.41, 5.74) is 1.40. The predicted octanol–water partition coefficient (Wildman–Crippen LogP) is 3.84. The van der Waals surface area contributed by atoms with E-state index < -0.39 is 0 Å². The van der Waals surface area contributed by atoms with Crippen LogP contribution in [0.3, 0.4) is 0 Å². The van der Waals surface area contributed by atoms with Crippen LogP contribution in [-0.2, 0) is 0 Å². The summed E-state index contributed by atoms with van der Waals surface area (Å²) in [4.78, 5) is 32.4. The number of benzene rings is 1. The van der Waals surface area contributed by atoms with E-state index in [0.29, 0.717) is 28.6 Å². The Morgan fingerprint density at radius 2 is 1.92 bits per heavy atom. The molecule has 0 spiro atoms. The van der Waals surface area contributed by atoms with Crippen LogP contribution in [0.5, 0.6) is 0 Å². The lowest BCUT2D eigenvalue weighted by Crippen LogP contribution is -2.16. The first kappa shape index (κ1) is 18.6. The summed E-state index contributed by atoms with van der Waals surface area (Å²) < 4.78 is 0. The van der Waals surface area contributed by atoms with Gasteiger partial charge in [0.2, 0.25) is 0 Å². The number of amides is 1. The third kappa shape index (κ3) is 5.67. The van der Waals surface area contributed by atoms with Crippen molar-refractivity contribution in [2.75, 3.05) is 17.2 Å². The maximum atomic E-state index is 12.5. The zero-order chi connectivity index (χ0) is 18.2. The normalized spacial score (nSPS) is 10.4. The number of hydrogen-bond acceptors (Lipinski definition) is 5. The molecule has 0 aliphatic carbocycles. The van der Waals surface area contributed by atoms with Crippen molar-refractivity contribution in [2.45, 2.75) is 40.0 Å². The van der Waals surface area contributed by atoms with Crippen LogP contribution in [0.1, 0.15) is 59.8 Å². The predicted molar refractivity (Wildman–Crippen MR) is 99.2 cm³/mol. The minimum absolute atomic E-state index is 0.0486. The van der Waals surface area contributed by atoms with Crippen LogP contribution in [0.25, 0.3) is 0 Å². The van der Waals surface area contributed by atoms with E-state index in [4.69, 9.17) is 0 Å². The number of rotatable bonds is 8. The Kier molecular flexibility index (Phi) is 6.62. The summed E-state index contributed by atoms with van der Waals surface area (Å²) in [7, 11) is 0. The molecular formula is C19H24N4O2. The quantitative estimate of drug-likeness (QED) is 0.563. The topological polar surface area (TPSA) is 84.0 Å². The van der Waals surface area contributed by atoms with Gasteiger partial charge >= 0.3 is 0 Å². The summed E-state index contributed by atoms with van der Waals surface area (Å²) in [6, 6.07) is 8.48. The maximum absolute atomic E-state index is 12.5. The molecular weight excluding hydrogens is 316 g/mol. The van der Waals surface area contributed by atoms with Crippen LogP contribution >= 0.6 is 0 Å². The number of unbranched alkanes of at least 4 members (excludes halogenated alkanes) is 2. The average molecular weight is 340 g/mol. The Hall–Kier alpha value is -2.76. The third-order valence-electron chi connectivity index (χ3n) is 3.68. The van der Waals surface area contributed by atoms with Crippen molar-refractivity contribution < 1.29 is 9.59 Å². The number of aryl methyl sites for hydroxylation is 1. The van der Waals surface area contributed by atoms with Gasteiger partial charge in [-0.3, -0.25) is 9.59 Å². The molecule has 0 fully saturated rings. The van der Waals surface area contributed by atoms with Gasteiger partial charge in [0.25, 0.3) is 5.91 Å². The monoisotopic (exact) mass is 340 g/mol. The molecule has 0 saturated carbocycles. The van der Waals surface area contributed by atoms with Crippen molar-refractivity contribution in [1.29, 1.82) is 0 Å². The van der Waals surface area contributed by atoms with Gasteiger partial charge in [-0.15, -0.1) is 0 Å². The highest BCUT2D eigenvalue weighted by Crippen LogP contribution is 2.14. The summed E-state index contributed by atoms with van der Waals surface area (Å²) in [6.07, 6.45) is 3.35. The fourth-order valence-electron chi connectivity index (χ4n) is 2.38. The molecule has 0 unspecified atom stereocenters. The lowest BCUT2D eigenvalue weighted by Gasteiger charge is -2.09. The molecule has 6 nitrogen and oxygen atoms in total. The summed E-state index contributed by atoms with van der Waals surface area (Å²) in [5.74, 6) is 0.796. The Bertz CT molecular complexity index is 759. The number of nitrogens with one attached hydrogen (secondary N) is 2.